The molecule has 0 radical (unpaired) electrons. The van der Waals surface area contributed by atoms with Crippen LogP contribution in [0.3, 0.4) is 0 Å². The Hall–Kier alpha value is -1.52. The van der Waals surface area contributed by atoms with E-state index in [-0.39, 0.29) is 6.61 Å². The number of rotatable bonds is 4. The summed E-state index contributed by atoms with van der Waals surface area (Å²) in [4.78, 5) is 0. The fourth-order valence-electron chi connectivity index (χ4n) is 2.98. The lowest BCUT2D eigenvalue weighted by molar-refractivity contribution is 0.211. The average molecular weight is 348 g/mol. The van der Waals surface area contributed by atoms with Crippen LogP contribution in [0.4, 0.5) is 5.69 Å². The van der Waals surface area contributed by atoms with Gasteiger partial charge in [0.25, 0.3) is 0 Å². The molecule has 1 aliphatic rings. The zero-order chi connectivity index (χ0) is 14.9. The molecule has 0 saturated carbocycles. The first kappa shape index (κ1) is 14.4. The molecule has 1 unspecified atom stereocenters. The predicted octanol–water partition coefficient (Wildman–Crippen LogP) is 3.70. The Morgan fingerprint density at radius 3 is 2.81 bits per heavy atom. The van der Waals surface area contributed by atoms with Crippen LogP contribution in [0.2, 0.25) is 0 Å². The summed E-state index contributed by atoms with van der Waals surface area (Å²) in [5.41, 5.74) is 2.93. The van der Waals surface area contributed by atoms with Gasteiger partial charge in [-0.25, -0.2) is 0 Å². The molecule has 0 heterocycles. The van der Waals surface area contributed by atoms with Gasteiger partial charge in [-0.1, -0.05) is 18.2 Å². The van der Waals surface area contributed by atoms with Crippen LogP contribution >= 0.6 is 15.9 Å². The van der Waals surface area contributed by atoms with E-state index in [4.69, 9.17) is 4.74 Å². The first-order valence-corrected chi connectivity index (χ1v) is 7.79. The van der Waals surface area contributed by atoms with Crippen LogP contribution < -0.4 is 10.1 Å². The average Bonchev–Trinajstić information content (AvgIpc) is 2.88. The summed E-state index contributed by atoms with van der Waals surface area (Å²) in [6.07, 6.45) is 1.82. The standard InChI is InChI=1S/C17H18BrNO2/c1-21-13-7-6-12-8-9-17(11-20,14(12)10-13)19-16-5-3-2-4-15(16)18/h2-7,10,19-20H,8-9,11H2,1H3. The molecule has 110 valence electrons. The number of anilines is 1. The van der Waals surface area contributed by atoms with Crippen molar-refractivity contribution in [1.29, 1.82) is 0 Å². The quantitative estimate of drug-likeness (QED) is 0.885. The Bertz CT molecular complexity index is 659. The highest BCUT2D eigenvalue weighted by Gasteiger charge is 2.38. The monoisotopic (exact) mass is 347 g/mol. The van der Waals surface area contributed by atoms with E-state index in [0.29, 0.717) is 0 Å². The lowest BCUT2D eigenvalue weighted by Gasteiger charge is -2.31. The van der Waals surface area contributed by atoms with Gasteiger partial charge in [0.2, 0.25) is 0 Å². The topological polar surface area (TPSA) is 41.5 Å². The summed E-state index contributed by atoms with van der Waals surface area (Å²) in [5, 5.41) is 13.6. The molecule has 0 spiro atoms. The molecule has 3 rings (SSSR count). The summed E-state index contributed by atoms with van der Waals surface area (Å²) in [5.74, 6) is 0.822. The largest absolute Gasteiger partial charge is 0.497 e. The zero-order valence-electron chi connectivity index (χ0n) is 11.9. The number of ether oxygens (including phenoxy) is 1. The van der Waals surface area contributed by atoms with Crippen molar-refractivity contribution in [3.8, 4) is 5.75 Å². The maximum atomic E-state index is 10.1. The third kappa shape index (κ3) is 2.54. The predicted molar refractivity (Wildman–Crippen MR) is 87.8 cm³/mol. The third-order valence-electron chi connectivity index (χ3n) is 4.17. The number of aliphatic hydroxyl groups is 1. The minimum absolute atomic E-state index is 0.0501. The molecule has 21 heavy (non-hydrogen) atoms. The second-order valence-corrected chi connectivity index (χ2v) is 6.22. The van der Waals surface area contributed by atoms with E-state index >= 15 is 0 Å². The fraction of sp³-hybridized carbons (Fsp3) is 0.294. The van der Waals surface area contributed by atoms with Crippen molar-refractivity contribution in [2.24, 2.45) is 0 Å². The summed E-state index contributed by atoms with van der Waals surface area (Å²) >= 11 is 3.56. The smallest absolute Gasteiger partial charge is 0.119 e. The normalized spacial score (nSPS) is 20.1. The minimum atomic E-state index is -0.451. The number of aliphatic hydroxyl groups excluding tert-OH is 1. The highest BCUT2D eigenvalue weighted by molar-refractivity contribution is 9.10. The molecular weight excluding hydrogens is 330 g/mol. The molecule has 3 nitrogen and oxygen atoms in total. The molecule has 1 atom stereocenters. The Labute approximate surface area is 133 Å². The lowest BCUT2D eigenvalue weighted by atomic mass is 9.92. The summed E-state index contributed by atoms with van der Waals surface area (Å²) in [7, 11) is 1.67. The molecule has 0 fully saturated rings. The van der Waals surface area contributed by atoms with Gasteiger partial charge in [-0.05, 0) is 64.2 Å². The second kappa shape index (κ2) is 5.70. The number of hydrogen-bond acceptors (Lipinski definition) is 3. The highest BCUT2D eigenvalue weighted by atomic mass is 79.9. The van der Waals surface area contributed by atoms with Crippen LogP contribution in [0, 0.1) is 0 Å². The Morgan fingerprint density at radius 1 is 1.29 bits per heavy atom. The number of para-hydroxylation sites is 1. The molecule has 0 saturated heterocycles. The number of benzene rings is 2. The number of halogens is 1. The van der Waals surface area contributed by atoms with E-state index in [0.717, 1.165) is 34.3 Å². The first-order valence-electron chi connectivity index (χ1n) is 6.99. The van der Waals surface area contributed by atoms with Gasteiger partial charge in [0.1, 0.15) is 5.75 Å². The molecule has 2 N–H and O–H groups in total. The maximum Gasteiger partial charge on any atom is 0.119 e. The van der Waals surface area contributed by atoms with Crippen LogP contribution in [-0.2, 0) is 12.0 Å². The zero-order valence-corrected chi connectivity index (χ0v) is 13.5. The first-order chi connectivity index (χ1) is 10.2. The summed E-state index contributed by atoms with van der Waals surface area (Å²) in [6, 6.07) is 14.1. The number of aryl methyl sites for hydroxylation is 1. The van der Waals surface area contributed by atoms with Gasteiger partial charge in [0.05, 0.1) is 19.3 Å². The van der Waals surface area contributed by atoms with E-state index in [1.165, 1.54) is 5.56 Å². The van der Waals surface area contributed by atoms with Gasteiger partial charge < -0.3 is 15.2 Å². The number of nitrogens with one attached hydrogen (secondary N) is 1. The molecule has 0 amide bonds. The van der Waals surface area contributed by atoms with Crippen LogP contribution in [0.5, 0.6) is 5.75 Å². The molecule has 2 aromatic carbocycles. The molecular formula is C17H18BrNO2. The SMILES string of the molecule is COc1ccc2c(c1)C(CO)(Nc1ccccc1Br)CC2. The Morgan fingerprint density at radius 2 is 2.10 bits per heavy atom. The molecule has 0 bridgehead atoms. The van der Waals surface area contributed by atoms with E-state index < -0.39 is 5.54 Å². The van der Waals surface area contributed by atoms with Crippen LogP contribution in [0.1, 0.15) is 17.5 Å². The molecule has 0 aliphatic heterocycles. The number of fused-ring (bicyclic) bond motifs is 1. The lowest BCUT2D eigenvalue weighted by Crippen LogP contribution is -2.37. The van der Waals surface area contributed by atoms with Gasteiger partial charge in [-0.3, -0.25) is 0 Å². The van der Waals surface area contributed by atoms with Crippen molar-refractivity contribution in [3.05, 3.63) is 58.1 Å². The van der Waals surface area contributed by atoms with Gasteiger partial charge in [0, 0.05) is 10.2 Å². The van der Waals surface area contributed by atoms with Gasteiger partial charge in [0.15, 0.2) is 0 Å². The summed E-state index contributed by atoms with van der Waals surface area (Å²) < 4.78 is 6.33. The molecule has 0 aromatic heterocycles. The highest BCUT2D eigenvalue weighted by Crippen LogP contribution is 2.42. The third-order valence-corrected chi connectivity index (χ3v) is 4.86. The van der Waals surface area contributed by atoms with Crippen molar-refractivity contribution < 1.29 is 9.84 Å². The molecule has 1 aliphatic carbocycles. The minimum Gasteiger partial charge on any atom is -0.497 e. The van der Waals surface area contributed by atoms with E-state index in [2.05, 4.69) is 27.3 Å². The van der Waals surface area contributed by atoms with Crippen LogP contribution in [0.15, 0.2) is 46.9 Å². The summed E-state index contributed by atoms with van der Waals surface area (Å²) in [6.45, 7) is 0.0501. The van der Waals surface area contributed by atoms with Crippen molar-refractivity contribution >= 4 is 21.6 Å². The second-order valence-electron chi connectivity index (χ2n) is 5.37. The van der Waals surface area contributed by atoms with Crippen LogP contribution in [-0.4, -0.2) is 18.8 Å². The number of hydrogen-bond donors (Lipinski definition) is 2. The number of methoxy groups -OCH3 is 1. The van der Waals surface area contributed by atoms with Crippen molar-refractivity contribution in [3.63, 3.8) is 0 Å². The fourth-order valence-corrected chi connectivity index (χ4v) is 3.37. The molecule has 4 heteroatoms. The van der Waals surface area contributed by atoms with Gasteiger partial charge >= 0.3 is 0 Å². The Balaban J connectivity index is 2.02. The van der Waals surface area contributed by atoms with Crippen molar-refractivity contribution in [1.82, 2.24) is 0 Å². The van der Waals surface area contributed by atoms with E-state index in [1.54, 1.807) is 7.11 Å². The van der Waals surface area contributed by atoms with E-state index in [9.17, 15) is 5.11 Å². The van der Waals surface area contributed by atoms with Crippen LogP contribution in [0.25, 0.3) is 0 Å². The van der Waals surface area contributed by atoms with Crippen molar-refractivity contribution in [2.75, 3.05) is 19.0 Å². The molecule has 2 aromatic rings. The van der Waals surface area contributed by atoms with Gasteiger partial charge in [-0.2, -0.15) is 0 Å². The Kier molecular flexibility index (Phi) is 3.91. The van der Waals surface area contributed by atoms with Crippen molar-refractivity contribution in [2.45, 2.75) is 18.4 Å². The van der Waals surface area contributed by atoms with E-state index in [1.807, 2.05) is 36.4 Å². The van der Waals surface area contributed by atoms with Gasteiger partial charge in [-0.15, -0.1) is 0 Å². The maximum absolute atomic E-state index is 10.1.